The van der Waals surface area contributed by atoms with Gasteiger partial charge in [-0.15, -0.1) is 0 Å². The summed E-state index contributed by atoms with van der Waals surface area (Å²) in [6.07, 6.45) is 0. The summed E-state index contributed by atoms with van der Waals surface area (Å²) in [4.78, 5) is 13.2. The van der Waals surface area contributed by atoms with E-state index in [0.29, 0.717) is 18.8 Å². The smallest absolute Gasteiger partial charge is 0.240 e. The van der Waals surface area contributed by atoms with Crippen molar-refractivity contribution in [2.45, 2.75) is 0 Å². The van der Waals surface area contributed by atoms with Gasteiger partial charge in [0.15, 0.2) is 11.6 Å². The van der Waals surface area contributed by atoms with Gasteiger partial charge in [-0.25, -0.2) is 4.39 Å². The van der Waals surface area contributed by atoms with E-state index in [1.807, 2.05) is 0 Å². The minimum atomic E-state index is -0.422. The van der Waals surface area contributed by atoms with Crippen molar-refractivity contribution in [3.63, 3.8) is 0 Å². The largest absolute Gasteiger partial charge is 0.494 e. The minimum absolute atomic E-state index is 0.0140. The number of halogens is 1. The molecule has 1 aliphatic heterocycles. The van der Waals surface area contributed by atoms with E-state index in [2.05, 4.69) is 5.32 Å². The third-order valence-corrected chi connectivity index (χ3v) is 2.54. The van der Waals surface area contributed by atoms with Gasteiger partial charge in [0.05, 0.1) is 13.7 Å². The number of hydrogen-bond acceptors (Lipinski definition) is 3. The fraction of sp³-hybridized carbons (Fsp3) is 0.364. The maximum Gasteiger partial charge on any atom is 0.240 e. The summed E-state index contributed by atoms with van der Waals surface area (Å²) in [5, 5.41) is 2.98. The molecule has 1 saturated heterocycles. The zero-order valence-electron chi connectivity index (χ0n) is 9.00. The van der Waals surface area contributed by atoms with E-state index in [1.165, 1.54) is 13.2 Å². The van der Waals surface area contributed by atoms with Crippen LogP contribution in [0.1, 0.15) is 0 Å². The molecule has 1 N–H and O–H groups in total. The maximum absolute atomic E-state index is 13.2. The molecule has 4 nitrogen and oxygen atoms in total. The van der Waals surface area contributed by atoms with Gasteiger partial charge in [0.25, 0.3) is 0 Å². The predicted octanol–water partition coefficient (Wildman–Crippen LogP) is 0.770. The SMILES string of the molecule is COc1cc(N2CCNCC2=O)ccc1F. The third-order valence-electron chi connectivity index (χ3n) is 2.54. The molecule has 16 heavy (non-hydrogen) atoms. The van der Waals surface area contributed by atoms with Crippen molar-refractivity contribution in [1.29, 1.82) is 0 Å². The van der Waals surface area contributed by atoms with Crippen LogP contribution in [0, 0.1) is 5.82 Å². The number of anilines is 1. The normalized spacial score (nSPS) is 16.4. The van der Waals surface area contributed by atoms with Crippen molar-refractivity contribution in [3.8, 4) is 5.75 Å². The summed E-state index contributed by atoms with van der Waals surface area (Å²) in [5.41, 5.74) is 0.671. The van der Waals surface area contributed by atoms with Gasteiger partial charge in [-0.05, 0) is 12.1 Å². The molecule has 1 amide bonds. The first-order valence-corrected chi connectivity index (χ1v) is 5.07. The molecule has 1 aliphatic rings. The van der Waals surface area contributed by atoms with Crippen LogP contribution in [0.15, 0.2) is 18.2 Å². The summed E-state index contributed by atoms with van der Waals surface area (Å²) < 4.78 is 18.1. The van der Waals surface area contributed by atoms with Crippen LogP contribution in [0.5, 0.6) is 5.75 Å². The molecule has 86 valence electrons. The number of methoxy groups -OCH3 is 1. The number of carbonyl (C=O) groups is 1. The summed E-state index contributed by atoms with van der Waals surface area (Å²) in [6, 6.07) is 4.43. The van der Waals surface area contributed by atoms with E-state index >= 15 is 0 Å². The second-order valence-electron chi connectivity index (χ2n) is 3.54. The number of benzene rings is 1. The highest BCUT2D eigenvalue weighted by Crippen LogP contribution is 2.24. The summed E-state index contributed by atoms with van der Waals surface area (Å²) in [7, 11) is 1.40. The van der Waals surface area contributed by atoms with Crippen molar-refractivity contribution < 1.29 is 13.9 Å². The second kappa shape index (κ2) is 4.49. The molecule has 0 spiro atoms. The van der Waals surface area contributed by atoms with Crippen LogP contribution in [-0.2, 0) is 4.79 Å². The minimum Gasteiger partial charge on any atom is -0.494 e. The van der Waals surface area contributed by atoms with Crippen LogP contribution in [0.25, 0.3) is 0 Å². The van der Waals surface area contributed by atoms with Crippen molar-refractivity contribution in [1.82, 2.24) is 5.32 Å². The first-order valence-electron chi connectivity index (χ1n) is 5.07. The fourth-order valence-electron chi connectivity index (χ4n) is 1.70. The van der Waals surface area contributed by atoms with E-state index in [-0.39, 0.29) is 11.7 Å². The average Bonchev–Trinajstić information content (AvgIpc) is 2.31. The van der Waals surface area contributed by atoms with Gasteiger partial charge >= 0.3 is 0 Å². The van der Waals surface area contributed by atoms with Gasteiger partial charge < -0.3 is 15.0 Å². The van der Waals surface area contributed by atoms with Gasteiger partial charge in [-0.1, -0.05) is 0 Å². The van der Waals surface area contributed by atoms with Crippen LogP contribution >= 0.6 is 0 Å². The molecule has 0 radical (unpaired) electrons. The number of nitrogens with zero attached hydrogens (tertiary/aromatic N) is 1. The Morgan fingerprint density at radius 3 is 3.00 bits per heavy atom. The molecule has 0 aromatic heterocycles. The Balaban J connectivity index is 2.29. The molecule has 1 aromatic rings. The zero-order chi connectivity index (χ0) is 11.5. The zero-order valence-corrected chi connectivity index (χ0v) is 9.00. The van der Waals surface area contributed by atoms with Crippen molar-refractivity contribution in [2.75, 3.05) is 31.6 Å². The van der Waals surface area contributed by atoms with E-state index in [0.717, 1.165) is 6.54 Å². The Morgan fingerprint density at radius 1 is 1.50 bits per heavy atom. The monoisotopic (exact) mass is 224 g/mol. The quantitative estimate of drug-likeness (QED) is 0.806. The van der Waals surface area contributed by atoms with Gasteiger partial charge in [0.1, 0.15) is 0 Å². The molecular formula is C11H13FN2O2. The molecule has 2 rings (SSSR count). The Morgan fingerprint density at radius 2 is 2.31 bits per heavy atom. The highest BCUT2D eigenvalue weighted by molar-refractivity contribution is 5.95. The van der Waals surface area contributed by atoms with E-state index < -0.39 is 5.82 Å². The van der Waals surface area contributed by atoms with Crippen LogP contribution < -0.4 is 15.0 Å². The summed E-state index contributed by atoms with van der Waals surface area (Å²) in [6.45, 7) is 1.65. The van der Waals surface area contributed by atoms with Crippen molar-refractivity contribution >= 4 is 11.6 Å². The third kappa shape index (κ3) is 1.99. The Bertz CT molecular complexity index is 409. The average molecular weight is 224 g/mol. The van der Waals surface area contributed by atoms with E-state index in [9.17, 15) is 9.18 Å². The molecule has 0 unspecified atom stereocenters. The lowest BCUT2D eigenvalue weighted by Gasteiger charge is -2.27. The van der Waals surface area contributed by atoms with Gasteiger partial charge in [-0.2, -0.15) is 0 Å². The van der Waals surface area contributed by atoms with Gasteiger partial charge in [-0.3, -0.25) is 4.79 Å². The Labute approximate surface area is 93.0 Å². The standard InChI is InChI=1S/C11H13FN2O2/c1-16-10-6-8(2-3-9(10)12)14-5-4-13-7-11(14)15/h2-3,6,13H,4-5,7H2,1H3. The number of hydrogen-bond donors (Lipinski definition) is 1. The second-order valence-corrected chi connectivity index (χ2v) is 3.54. The molecule has 1 aromatic carbocycles. The molecule has 5 heteroatoms. The lowest BCUT2D eigenvalue weighted by atomic mass is 10.2. The lowest BCUT2D eigenvalue weighted by molar-refractivity contribution is -0.118. The topological polar surface area (TPSA) is 41.6 Å². The maximum atomic E-state index is 13.2. The van der Waals surface area contributed by atoms with Crippen molar-refractivity contribution in [2.24, 2.45) is 0 Å². The number of nitrogens with one attached hydrogen (secondary N) is 1. The van der Waals surface area contributed by atoms with Crippen molar-refractivity contribution in [3.05, 3.63) is 24.0 Å². The number of carbonyl (C=O) groups excluding carboxylic acids is 1. The van der Waals surface area contributed by atoms with E-state index in [4.69, 9.17) is 4.74 Å². The van der Waals surface area contributed by atoms with Crippen LogP contribution in [0.2, 0.25) is 0 Å². The summed E-state index contributed by atoms with van der Waals surface area (Å²) >= 11 is 0. The van der Waals surface area contributed by atoms with Gasteiger partial charge in [0.2, 0.25) is 5.91 Å². The molecular weight excluding hydrogens is 211 g/mol. The lowest BCUT2D eigenvalue weighted by Crippen LogP contribution is -2.48. The van der Waals surface area contributed by atoms with Crippen LogP contribution in [-0.4, -0.2) is 32.7 Å². The fourth-order valence-corrected chi connectivity index (χ4v) is 1.70. The first kappa shape index (κ1) is 10.9. The number of ether oxygens (including phenoxy) is 1. The van der Waals surface area contributed by atoms with E-state index in [1.54, 1.807) is 17.0 Å². The number of piperazine rings is 1. The molecule has 0 bridgehead atoms. The Kier molecular flexibility index (Phi) is 3.05. The first-order chi connectivity index (χ1) is 7.72. The van der Waals surface area contributed by atoms with Crippen LogP contribution in [0.4, 0.5) is 10.1 Å². The molecule has 0 aliphatic carbocycles. The summed E-state index contributed by atoms with van der Waals surface area (Å²) in [5.74, 6) is -0.280. The highest BCUT2D eigenvalue weighted by Gasteiger charge is 2.20. The molecule has 0 saturated carbocycles. The molecule has 1 heterocycles. The Hall–Kier alpha value is -1.62. The molecule has 0 atom stereocenters. The number of rotatable bonds is 2. The number of amides is 1. The predicted molar refractivity (Wildman–Crippen MR) is 58.2 cm³/mol. The highest BCUT2D eigenvalue weighted by atomic mass is 19.1. The van der Waals surface area contributed by atoms with Crippen LogP contribution in [0.3, 0.4) is 0 Å². The van der Waals surface area contributed by atoms with Gasteiger partial charge in [0, 0.05) is 24.8 Å². The molecule has 1 fully saturated rings.